The topological polar surface area (TPSA) is 77.0 Å². The fraction of sp³-hybridized carbons (Fsp3) is 0.750. The van der Waals surface area contributed by atoms with Crippen LogP contribution >= 0.6 is 0 Å². The Morgan fingerprint density at radius 1 is 1.19 bits per heavy atom. The lowest BCUT2D eigenvalue weighted by atomic mass is 9.85. The summed E-state index contributed by atoms with van der Waals surface area (Å²) in [6.07, 6.45) is 7.73. The number of hydrogen-bond donors (Lipinski definition) is 2. The van der Waals surface area contributed by atoms with Crippen LogP contribution in [0.4, 0.5) is 0 Å². The maximum Gasteiger partial charge on any atom is 0.233 e. The van der Waals surface area contributed by atoms with Crippen molar-refractivity contribution in [3.05, 3.63) is 12.2 Å². The van der Waals surface area contributed by atoms with Gasteiger partial charge in [-0.3, -0.25) is 19.5 Å². The second-order valence-electron chi connectivity index (χ2n) is 8.48. The number of likely N-dealkylation sites (tertiary alicyclic amines) is 2. The van der Waals surface area contributed by atoms with Crippen molar-refractivity contribution in [2.45, 2.75) is 19.3 Å². The average molecular weight is 374 g/mol. The number of amides is 2. The van der Waals surface area contributed by atoms with E-state index in [1.165, 1.54) is 24.3 Å². The lowest BCUT2D eigenvalue weighted by Gasteiger charge is -2.30. The summed E-state index contributed by atoms with van der Waals surface area (Å²) in [6.45, 7) is 4.13. The molecule has 0 aromatic rings. The zero-order valence-electron chi connectivity index (χ0n) is 16.4. The maximum absolute atomic E-state index is 12.7. The van der Waals surface area contributed by atoms with Crippen molar-refractivity contribution in [2.24, 2.45) is 34.6 Å². The van der Waals surface area contributed by atoms with E-state index >= 15 is 0 Å². The molecule has 3 fully saturated rings. The molecule has 4 aliphatic rings. The molecule has 4 rings (SSSR count). The molecule has 2 N–H and O–H groups in total. The van der Waals surface area contributed by atoms with Crippen molar-refractivity contribution < 1.29 is 9.59 Å². The van der Waals surface area contributed by atoms with E-state index in [0.29, 0.717) is 19.0 Å². The fourth-order valence-electron chi connectivity index (χ4n) is 5.37. The van der Waals surface area contributed by atoms with Gasteiger partial charge in [0.2, 0.25) is 11.8 Å². The number of rotatable bonds is 5. The summed E-state index contributed by atoms with van der Waals surface area (Å²) < 4.78 is 0. The summed E-state index contributed by atoms with van der Waals surface area (Å²) in [5.41, 5.74) is 0. The van der Waals surface area contributed by atoms with Crippen LogP contribution in [0.2, 0.25) is 0 Å². The number of allylic oxidation sites excluding steroid dienone is 2. The monoisotopic (exact) mass is 373 g/mol. The molecule has 0 aromatic carbocycles. The Labute approximate surface area is 161 Å². The van der Waals surface area contributed by atoms with Crippen molar-refractivity contribution in [1.82, 2.24) is 20.4 Å². The smallest absolute Gasteiger partial charge is 0.233 e. The highest BCUT2D eigenvalue weighted by molar-refractivity contribution is 6.06. The number of nitrogens with one attached hydrogen (secondary N) is 2. The van der Waals surface area contributed by atoms with Crippen LogP contribution in [0, 0.1) is 29.6 Å². The molecule has 1 saturated carbocycles. The summed E-state index contributed by atoms with van der Waals surface area (Å²) in [5, 5.41) is 6.64. The van der Waals surface area contributed by atoms with E-state index in [4.69, 9.17) is 0 Å². The van der Waals surface area contributed by atoms with Crippen molar-refractivity contribution in [3.8, 4) is 0 Å². The number of aliphatic imine (C=N–C) groups is 1. The largest absolute Gasteiger partial charge is 0.356 e. The van der Waals surface area contributed by atoms with Gasteiger partial charge in [-0.1, -0.05) is 12.2 Å². The minimum atomic E-state index is -0.103. The number of imide groups is 1. The van der Waals surface area contributed by atoms with E-state index in [1.807, 2.05) is 0 Å². The number of carbonyl (C=O) groups excluding carboxylic acids is 2. The molecule has 0 spiro atoms. The Hall–Kier alpha value is -1.89. The molecule has 2 aliphatic heterocycles. The first-order chi connectivity index (χ1) is 13.1. The van der Waals surface area contributed by atoms with Crippen molar-refractivity contribution in [2.75, 3.05) is 46.8 Å². The first-order valence-electron chi connectivity index (χ1n) is 10.2. The standard InChI is InChI=1S/C20H31N5O2/c1-21-20(23-11-13-4-3-8-24(2)12-13)22-7-9-25-18(26)16-14-5-6-15(10-14)17(16)19(25)27/h5-6,13-17H,3-4,7-12H2,1-2H3,(H2,21,22,23). The number of hydrogen-bond acceptors (Lipinski definition) is 4. The van der Waals surface area contributed by atoms with E-state index < -0.39 is 0 Å². The minimum absolute atomic E-state index is 0.0249. The molecule has 0 aromatic heterocycles. The molecule has 2 aliphatic carbocycles. The van der Waals surface area contributed by atoms with E-state index in [0.717, 1.165) is 25.5 Å². The fourth-order valence-corrected chi connectivity index (χ4v) is 5.37. The van der Waals surface area contributed by atoms with Gasteiger partial charge in [0, 0.05) is 33.2 Å². The number of carbonyl (C=O) groups is 2. The molecule has 148 valence electrons. The van der Waals surface area contributed by atoms with Gasteiger partial charge in [0.15, 0.2) is 5.96 Å². The number of guanidine groups is 1. The molecule has 2 bridgehead atoms. The van der Waals surface area contributed by atoms with Crippen LogP contribution in [0.15, 0.2) is 17.1 Å². The van der Waals surface area contributed by atoms with Gasteiger partial charge in [-0.15, -0.1) is 0 Å². The third kappa shape index (κ3) is 3.49. The van der Waals surface area contributed by atoms with Gasteiger partial charge >= 0.3 is 0 Å². The zero-order valence-corrected chi connectivity index (χ0v) is 16.4. The van der Waals surface area contributed by atoms with Crippen LogP contribution in [0.25, 0.3) is 0 Å². The first kappa shape index (κ1) is 18.5. The van der Waals surface area contributed by atoms with E-state index in [9.17, 15) is 9.59 Å². The Bertz CT molecular complexity index is 631. The van der Waals surface area contributed by atoms with Crippen LogP contribution in [-0.2, 0) is 9.59 Å². The second-order valence-corrected chi connectivity index (χ2v) is 8.48. The second kappa shape index (κ2) is 7.62. The van der Waals surface area contributed by atoms with Crippen LogP contribution in [-0.4, -0.2) is 74.4 Å². The quantitative estimate of drug-likeness (QED) is 0.314. The SMILES string of the molecule is CN=C(NCCN1C(=O)C2C3C=CC(C3)C2C1=O)NCC1CCCN(C)C1. The molecular formula is C20H31N5O2. The third-order valence-electron chi connectivity index (χ3n) is 6.69. The van der Waals surface area contributed by atoms with E-state index in [1.54, 1.807) is 7.05 Å². The molecule has 27 heavy (non-hydrogen) atoms. The molecule has 0 radical (unpaired) electrons. The molecular weight excluding hydrogens is 342 g/mol. The molecule has 5 atom stereocenters. The normalized spacial score (nSPS) is 35.9. The predicted molar refractivity (Wildman–Crippen MR) is 104 cm³/mol. The lowest BCUT2D eigenvalue weighted by molar-refractivity contribution is -0.140. The molecule has 7 heteroatoms. The maximum atomic E-state index is 12.7. The van der Waals surface area contributed by atoms with E-state index in [-0.39, 0.29) is 35.5 Å². The molecule has 2 amide bonds. The van der Waals surface area contributed by atoms with Gasteiger partial charge in [0.25, 0.3) is 0 Å². The van der Waals surface area contributed by atoms with Gasteiger partial charge in [-0.05, 0) is 50.6 Å². The van der Waals surface area contributed by atoms with Crippen LogP contribution < -0.4 is 10.6 Å². The van der Waals surface area contributed by atoms with Crippen molar-refractivity contribution in [3.63, 3.8) is 0 Å². The minimum Gasteiger partial charge on any atom is -0.356 e. The number of fused-ring (bicyclic) bond motifs is 5. The van der Waals surface area contributed by atoms with Gasteiger partial charge < -0.3 is 15.5 Å². The molecule has 2 heterocycles. The number of piperidine rings is 1. The Kier molecular flexibility index (Phi) is 5.21. The van der Waals surface area contributed by atoms with Crippen molar-refractivity contribution in [1.29, 1.82) is 0 Å². The molecule has 2 saturated heterocycles. The summed E-state index contributed by atoms with van der Waals surface area (Å²) in [5.74, 6) is 1.76. The van der Waals surface area contributed by atoms with Crippen LogP contribution in [0.3, 0.4) is 0 Å². The predicted octanol–water partition coefficient (Wildman–Crippen LogP) is 0.300. The highest BCUT2D eigenvalue weighted by atomic mass is 16.2. The third-order valence-corrected chi connectivity index (χ3v) is 6.69. The Morgan fingerprint density at radius 2 is 1.89 bits per heavy atom. The summed E-state index contributed by atoms with van der Waals surface area (Å²) in [6, 6.07) is 0. The van der Waals surface area contributed by atoms with Gasteiger partial charge in [0.1, 0.15) is 0 Å². The van der Waals surface area contributed by atoms with Gasteiger partial charge in [-0.2, -0.15) is 0 Å². The lowest BCUT2D eigenvalue weighted by Crippen LogP contribution is -2.46. The van der Waals surface area contributed by atoms with Gasteiger partial charge in [-0.25, -0.2) is 0 Å². The van der Waals surface area contributed by atoms with Crippen molar-refractivity contribution >= 4 is 17.8 Å². The highest BCUT2D eigenvalue weighted by Gasteiger charge is 2.58. The molecule has 7 nitrogen and oxygen atoms in total. The average Bonchev–Trinajstić information content (AvgIpc) is 3.34. The van der Waals surface area contributed by atoms with Gasteiger partial charge in [0.05, 0.1) is 11.8 Å². The summed E-state index contributed by atoms with van der Waals surface area (Å²) in [4.78, 5) is 33.5. The van der Waals surface area contributed by atoms with Crippen LogP contribution in [0.5, 0.6) is 0 Å². The van der Waals surface area contributed by atoms with E-state index in [2.05, 4.69) is 39.7 Å². The van der Waals surface area contributed by atoms with Crippen LogP contribution in [0.1, 0.15) is 19.3 Å². The summed E-state index contributed by atoms with van der Waals surface area (Å²) >= 11 is 0. The first-order valence-corrected chi connectivity index (χ1v) is 10.2. The highest BCUT2D eigenvalue weighted by Crippen LogP contribution is 2.52. The number of nitrogens with zero attached hydrogens (tertiary/aromatic N) is 3. The molecule has 5 unspecified atom stereocenters. The Morgan fingerprint density at radius 3 is 2.52 bits per heavy atom. The zero-order chi connectivity index (χ0) is 19.0. The Balaban J connectivity index is 1.23. The summed E-state index contributed by atoms with van der Waals surface area (Å²) in [7, 11) is 3.92.